The SMILES string of the molecule is C[C@@H]1O[C@@H](Oc2ccc(N([O-])O)cc2)[C@H]2O[C@H](c3ccccc3)O[C@@H]2[C@@H]1O[C@H]1O[C@@H](CO)[C@@H](OCc2ccccc2)[C@@H](OCc2ccccc2)[C@H]1O[C@@H]1O[C@@H](COCc2ccccc2)[C@H](OCc2ccccc2)[C@H](OCc2ccccc2)[C@@H]1OCc1ccccc1. The van der Waals surface area contributed by atoms with Crippen LogP contribution < -0.4 is 9.96 Å². The highest BCUT2D eigenvalue weighted by Crippen LogP contribution is 2.44. The first kappa shape index (κ1) is 63.9. The maximum atomic E-state index is 11.8. The van der Waals surface area contributed by atoms with Gasteiger partial charge in [-0.15, -0.1) is 0 Å². The molecule has 4 aliphatic heterocycles. The second kappa shape index (κ2) is 31.8. The first-order valence-corrected chi connectivity index (χ1v) is 30.9. The van der Waals surface area contributed by atoms with Crippen LogP contribution in [0.5, 0.6) is 5.75 Å². The maximum Gasteiger partial charge on any atom is 0.229 e. The molecule has 4 heterocycles. The molecule has 16 atom stereocenters. The summed E-state index contributed by atoms with van der Waals surface area (Å²) in [5.74, 6) is 0.335. The van der Waals surface area contributed by atoms with Crippen LogP contribution in [0.25, 0.3) is 0 Å². The van der Waals surface area contributed by atoms with Crippen LogP contribution in [-0.2, 0) is 101 Å². The van der Waals surface area contributed by atoms with Gasteiger partial charge in [0, 0.05) is 5.56 Å². The van der Waals surface area contributed by atoms with E-state index < -0.39 is 105 Å². The predicted molar refractivity (Wildman–Crippen MR) is 333 cm³/mol. The Morgan fingerprint density at radius 1 is 0.385 bits per heavy atom. The van der Waals surface area contributed by atoms with Gasteiger partial charge in [0.05, 0.1) is 64.6 Å². The standard InChI is InChI=1S/C73H76NO17/c1-49-61(66-69(90-70(89-66)56-35-21-8-22-36-56)72(84-49)85-58-39-37-57(38-40-58)74(76)77)88-73-68(65(82-46-54-31-17-6-18-32-54)62(59(41-75)86-73)79-43-51-25-11-3-12-26-51)91-71-67(83-47-55-33-19-7-20-34-55)64(81-45-53-29-15-5-16-30-53)63(80-44-52-27-13-4-14-28-52)60(87-71)48-78-42-50-23-9-2-10-24-50/h2-40,49,59-73,75-76H,41-48H2,1H3/q-1/t49-,59-,60-,61+,62+,63-,64-,65+,66+,67-,68+,69-,70+,71-,72-,73+/m0/s1. The normalized spacial score (nSPS) is 28.0. The van der Waals surface area contributed by atoms with E-state index in [2.05, 4.69) is 0 Å². The van der Waals surface area contributed by atoms with Crippen LogP contribution in [0.4, 0.5) is 5.69 Å². The van der Waals surface area contributed by atoms with Crippen molar-refractivity contribution in [3.63, 3.8) is 0 Å². The quantitative estimate of drug-likeness (QED) is 0.0439. The number of hydrogen-bond acceptors (Lipinski definition) is 18. The third-order valence-corrected chi connectivity index (χ3v) is 16.4. The largest absolute Gasteiger partial charge is 0.733 e. The summed E-state index contributed by atoms with van der Waals surface area (Å²) in [5, 5.41) is 32.7. The van der Waals surface area contributed by atoms with Gasteiger partial charge in [-0.3, -0.25) is 5.21 Å². The molecule has 4 aliphatic rings. The number of fused-ring (bicyclic) bond motifs is 1. The summed E-state index contributed by atoms with van der Waals surface area (Å²) in [6, 6.07) is 74.5. The number of hydrogen-bond donors (Lipinski definition) is 2. The van der Waals surface area contributed by atoms with Crippen LogP contribution in [0.3, 0.4) is 0 Å². The van der Waals surface area contributed by atoms with E-state index in [-0.39, 0.29) is 57.2 Å². The van der Waals surface area contributed by atoms with Crippen LogP contribution in [0.15, 0.2) is 237 Å². The van der Waals surface area contributed by atoms with Crippen molar-refractivity contribution in [2.45, 2.75) is 145 Å². The molecule has 0 amide bonds. The Morgan fingerprint density at radius 3 is 1.24 bits per heavy atom. The molecule has 8 aromatic rings. The summed E-state index contributed by atoms with van der Waals surface area (Å²) in [7, 11) is 0. The molecule has 476 valence electrons. The molecule has 2 N–H and O–H groups in total. The molecular weight excluding hydrogens is 1160 g/mol. The fourth-order valence-corrected chi connectivity index (χ4v) is 11.8. The van der Waals surface area contributed by atoms with E-state index in [1.54, 1.807) is 12.1 Å². The molecule has 0 spiro atoms. The van der Waals surface area contributed by atoms with Crippen molar-refractivity contribution < 1.29 is 76.6 Å². The van der Waals surface area contributed by atoms with E-state index in [1.807, 2.05) is 219 Å². The van der Waals surface area contributed by atoms with Crippen molar-refractivity contribution in [3.05, 3.63) is 281 Å². The minimum Gasteiger partial charge on any atom is -0.733 e. The van der Waals surface area contributed by atoms with Gasteiger partial charge in [0.1, 0.15) is 66.8 Å². The molecule has 18 nitrogen and oxygen atoms in total. The number of ether oxygens (including phenoxy) is 14. The fourth-order valence-electron chi connectivity index (χ4n) is 11.8. The lowest BCUT2D eigenvalue weighted by Gasteiger charge is -2.51. The Morgan fingerprint density at radius 2 is 0.769 bits per heavy atom. The van der Waals surface area contributed by atoms with Gasteiger partial charge < -0.3 is 81.9 Å². The number of nitrogens with zero attached hydrogens (tertiary/aromatic N) is 1. The molecule has 0 aromatic heterocycles. The monoisotopic (exact) mass is 1240 g/mol. The van der Waals surface area contributed by atoms with Crippen LogP contribution in [-0.4, -0.2) is 116 Å². The molecule has 4 fully saturated rings. The average Bonchev–Trinajstić information content (AvgIpc) is 1.79. The molecule has 4 saturated heterocycles. The highest BCUT2D eigenvalue weighted by molar-refractivity contribution is 5.47. The fraction of sp³-hybridized carbons (Fsp3) is 0.342. The zero-order chi connectivity index (χ0) is 62.1. The summed E-state index contributed by atoms with van der Waals surface area (Å²) in [5.41, 5.74) is 6.19. The van der Waals surface area contributed by atoms with E-state index in [0.717, 1.165) is 38.9 Å². The number of rotatable bonds is 28. The van der Waals surface area contributed by atoms with Gasteiger partial charge in [0.2, 0.25) is 6.29 Å². The number of anilines is 1. The van der Waals surface area contributed by atoms with Crippen molar-refractivity contribution in [1.29, 1.82) is 0 Å². The van der Waals surface area contributed by atoms with E-state index >= 15 is 0 Å². The summed E-state index contributed by atoms with van der Waals surface area (Å²) in [6.45, 7) is 2.35. The van der Waals surface area contributed by atoms with Crippen molar-refractivity contribution in [2.24, 2.45) is 0 Å². The number of aliphatic hydroxyl groups is 1. The number of benzene rings is 8. The summed E-state index contributed by atoms with van der Waals surface area (Å²) < 4.78 is 98.5. The van der Waals surface area contributed by atoms with Gasteiger partial charge in [0.15, 0.2) is 25.0 Å². The Labute approximate surface area is 530 Å². The predicted octanol–water partition coefficient (Wildman–Crippen LogP) is 11.3. The van der Waals surface area contributed by atoms with Gasteiger partial charge >= 0.3 is 0 Å². The highest BCUT2D eigenvalue weighted by Gasteiger charge is 2.59. The second-order valence-corrected chi connectivity index (χ2v) is 22.8. The second-order valence-electron chi connectivity index (χ2n) is 22.8. The lowest BCUT2D eigenvalue weighted by molar-refractivity contribution is -0.394. The average molecular weight is 1240 g/mol. The molecule has 0 unspecified atom stereocenters. The number of aliphatic hydroxyl groups excluding tert-OH is 1. The van der Waals surface area contributed by atoms with Gasteiger partial charge in [-0.05, 0) is 64.6 Å². The van der Waals surface area contributed by atoms with Gasteiger partial charge in [-0.2, -0.15) is 0 Å². The molecule has 8 aromatic carbocycles. The van der Waals surface area contributed by atoms with E-state index in [9.17, 15) is 15.5 Å². The van der Waals surface area contributed by atoms with Crippen LogP contribution in [0.1, 0.15) is 52.2 Å². The van der Waals surface area contributed by atoms with Crippen molar-refractivity contribution in [1.82, 2.24) is 0 Å². The minimum absolute atomic E-state index is 0.0106. The molecule has 0 bridgehead atoms. The first-order valence-electron chi connectivity index (χ1n) is 30.9. The van der Waals surface area contributed by atoms with Crippen molar-refractivity contribution in [2.75, 3.05) is 18.4 Å². The first-order chi connectivity index (χ1) is 44.8. The topological polar surface area (TPSA) is 196 Å². The van der Waals surface area contributed by atoms with E-state index in [1.165, 1.54) is 12.1 Å². The van der Waals surface area contributed by atoms with Crippen LogP contribution in [0.2, 0.25) is 0 Å². The molecule has 12 rings (SSSR count). The lowest BCUT2D eigenvalue weighted by atomic mass is 9.95. The molecule has 0 saturated carbocycles. The summed E-state index contributed by atoms with van der Waals surface area (Å²) >= 11 is 0. The molecule has 18 heteroatoms. The lowest BCUT2D eigenvalue weighted by Crippen LogP contribution is -2.67. The molecular formula is C73H76NO17-. The molecule has 91 heavy (non-hydrogen) atoms. The summed E-state index contributed by atoms with van der Waals surface area (Å²) in [6.07, 6.45) is -16.2. The van der Waals surface area contributed by atoms with Crippen LogP contribution >= 0.6 is 0 Å². The molecule has 0 radical (unpaired) electrons. The van der Waals surface area contributed by atoms with E-state index in [0.29, 0.717) is 5.75 Å². The zero-order valence-electron chi connectivity index (χ0n) is 50.4. The summed E-state index contributed by atoms with van der Waals surface area (Å²) in [4.78, 5) is 0. The highest BCUT2D eigenvalue weighted by atomic mass is 16.8. The van der Waals surface area contributed by atoms with Crippen molar-refractivity contribution >= 4 is 5.69 Å². The third kappa shape index (κ3) is 16.7. The van der Waals surface area contributed by atoms with Gasteiger partial charge in [-0.1, -0.05) is 212 Å². The molecule has 0 aliphatic carbocycles. The third-order valence-electron chi connectivity index (χ3n) is 16.4. The zero-order valence-corrected chi connectivity index (χ0v) is 50.4. The van der Waals surface area contributed by atoms with Gasteiger partial charge in [0.25, 0.3) is 0 Å². The van der Waals surface area contributed by atoms with Crippen molar-refractivity contribution in [3.8, 4) is 5.75 Å². The van der Waals surface area contributed by atoms with Gasteiger partial charge in [-0.25, -0.2) is 0 Å². The maximum absolute atomic E-state index is 11.8. The minimum atomic E-state index is -1.40. The van der Waals surface area contributed by atoms with Crippen LogP contribution in [0, 0.1) is 5.21 Å². The Kier molecular flexibility index (Phi) is 22.3. The Balaban J connectivity index is 0.950. The Hall–Kier alpha value is -7.28. The smallest absolute Gasteiger partial charge is 0.229 e. The van der Waals surface area contributed by atoms with E-state index in [4.69, 9.17) is 66.3 Å². The Bertz CT molecular complexity index is 3370.